The summed E-state index contributed by atoms with van der Waals surface area (Å²) in [6, 6.07) is 3.10. The van der Waals surface area contributed by atoms with Gasteiger partial charge >= 0.3 is 0 Å². The Hall–Kier alpha value is -0.960. The van der Waals surface area contributed by atoms with Gasteiger partial charge in [0, 0.05) is 25.2 Å². The monoisotopic (exact) mass is 166 g/mol. The first-order valence-electron chi connectivity index (χ1n) is 4.06. The summed E-state index contributed by atoms with van der Waals surface area (Å²) in [7, 11) is 2.03. The van der Waals surface area contributed by atoms with Gasteiger partial charge in [-0.25, -0.2) is 4.39 Å². The zero-order valence-corrected chi connectivity index (χ0v) is 7.00. The third-order valence-electron chi connectivity index (χ3n) is 2.24. The Morgan fingerprint density at radius 3 is 2.92 bits per heavy atom. The van der Waals surface area contributed by atoms with Crippen molar-refractivity contribution in [3.05, 3.63) is 29.8 Å². The van der Waals surface area contributed by atoms with Crippen LogP contribution in [0.5, 0.6) is 0 Å². The highest BCUT2D eigenvalue weighted by atomic mass is 19.1. The third kappa shape index (κ3) is 1.20. The van der Waals surface area contributed by atoms with E-state index in [9.17, 15) is 4.39 Å². The second kappa shape index (κ2) is 2.83. The minimum Gasteiger partial charge on any atom is -0.305 e. The molecule has 0 saturated carbocycles. The molecule has 1 aliphatic rings. The van der Waals surface area contributed by atoms with Gasteiger partial charge in [-0.1, -0.05) is 0 Å². The average molecular weight is 166 g/mol. The molecule has 0 spiro atoms. The number of likely N-dealkylation sites (tertiary alicyclic amines) is 1. The average Bonchev–Trinajstić information content (AvgIpc) is 2.01. The largest absolute Gasteiger partial charge is 0.305 e. The van der Waals surface area contributed by atoms with Gasteiger partial charge in [0.1, 0.15) is 5.82 Å². The van der Waals surface area contributed by atoms with E-state index in [1.807, 2.05) is 7.05 Å². The summed E-state index contributed by atoms with van der Waals surface area (Å²) in [5, 5.41) is 0. The molecule has 1 aromatic heterocycles. The number of aromatic nitrogens is 1. The van der Waals surface area contributed by atoms with E-state index in [4.69, 9.17) is 0 Å². The number of pyridine rings is 1. The Balaban J connectivity index is 2.18. The van der Waals surface area contributed by atoms with E-state index in [1.165, 1.54) is 6.07 Å². The Morgan fingerprint density at radius 1 is 1.58 bits per heavy atom. The molecule has 12 heavy (non-hydrogen) atoms. The standard InChI is InChI=1S/C9H11FN2/c1-12-5-7(6-12)9-8(10)3-2-4-11-9/h2-4,7H,5-6H2,1H3. The van der Waals surface area contributed by atoms with Gasteiger partial charge in [-0.3, -0.25) is 4.98 Å². The molecule has 0 bridgehead atoms. The van der Waals surface area contributed by atoms with Crippen LogP contribution in [0.4, 0.5) is 4.39 Å². The molecule has 64 valence electrons. The highest BCUT2D eigenvalue weighted by Crippen LogP contribution is 2.25. The van der Waals surface area contributed by atoms with Crippen LogP contribution < -0.4 is 0 Å². The fourth-order valence-electron chi connectivity index (χ4n) is 1.57. The quantitative estimate of drug-likeness (QED) is 0.624. The maximum Gasteiger partial charge on any atom is 0.145 e. The van der Waals surface area contributed by atoms with Crippen LogP contribution in [0.25, 0.3) is 0 Å². The van der Waals surface area contributed by atoms with Crippen molar-refractivity contribution in [3.8, 4) is 0 Å². The van der Waals surface area contributed by atoms with Crippen molar-refractivity contribution in [1.29, 1.82) is 0 Å². The molecule has 0 aliphatic carbocycles. The third-order valence-corrected chi connectivity index (χ3v) is 2.24. The van der Waals surface area contributed by atoms with Crippen molar-refractivity contribution in [2.75, 3.05) is 20.1 Å². The van der Waals surface area contributed by atoms with Crippen LogP contribution in [-0.4, -0.2) is 30.0 Å². The van der Waals surface area contributed by atoms with Crippen LogP contribution in [-0.2, 0) is 0 Å². The van der Waals surface area contributed by atoms with Gasteiger partial charge in [-0.2, -0.15) is 0 Å². The topological polar surface area (TPSA) is 16.1 Å². The van der Waals surface area contributed by atoms with Crippen LogP contribution in [0.15, 0.2) is 18.3 Å². The van der Waals surface area contributed by atoms with Crippen molar-refractivity contribution >= 4 is 0 Å². The van der Waals surface area contributed by atoms with Crippen LogP contribution in [0, 0.1) is 5.82 Å². The summed E-state index contributed by atoms with van der Waals surface area (Å²) in [6.45, 7) is 1.85. The first-order valence-corrected chi connectivity index (χ1v) is 4.06. The second-order valence-electron chi connectivity index (χ2n) is 3.29. The lowest BCUT2D eigenvalue weighted by Gasteiger charge is -2.35. The predicted molar refractivity (Wildman–Crippen MR) is 44.4 cm³/mol. The molecule has 3 heteroatoms. The Kier molecular flexibility index (Phi) is 1.81. The number of hydrogen-bond acceptors (Lipinski definition) is 2. The molecule has 0 atom stereocenters. The lowest BCUT2D eigenvalue weighted by Crippen LogP contribution is -2.42. The van der Waals surface area contributed by atoms with Gasteiger partial charge < -0.3 is 4.90 Å². The fraction of sp³-hybridized carbons (Fsp3) is 0.444. The Morgan fingerprint density at radius 2 is 2.33 bits per heavy atom. The Labute approximate surface area is 71.0 Å². The van der Waals surface area contributed by atoms with Gasteiger partial charge in [-0.15, -0.1) is 0 Å². The Bertz CT molecular complexity index is 282. The van der Waals surface area contributed by atoms with Gasteiger partial charge in [0.05, 0.1) is 5.69 Å². The summed E-state index contributed by atoms with van der Waals surface area (Å²) in [5.41, 5.74) is 0.621. The van der Waals surface area contributed by atoms with Crippen LogP contribution in [0.2, 0.25) is 0 Å². The van der Waals surface area contributed by atoms with E-state index < -0.39 is 0 Å². The molecule has 2 nitrogen and oxygen atoms in total. The SMILES string of the molecule is CN1CC(c2ncccc2F)C1. The molecule has 1 aliphatic heterocycles. The summed E-state index contributed by atoms with van der Waals surface area (Å²) < 4.78 is 13.1. The predicted octanol–water partition coefficient (Wildman–Crippen LogP) is 1.25. The van der Waals surface area contributed by atoms with E-state index in [1.54, 1.807) is 12.3 Å². The van der Waals surface area contributed by atoms with E-state index in [2.05, 4.69) is 9.88 Å². The highest BCUT2D eigenvalue weighted by molar-refractivity contribution is 5.16. The van der Waals surface area contributed by atoms with Gasteiger partial charge in [-0.05, 0) is 19.2 Å². The van der Waals surface area contributed by atoms with Crippen molar-refractivity contribution in [1.82, 2.24) is 9.88 Å². The van der Waals surface area contributed by atoms with E-state index in [-0.39, 0.29) is 5.82 Å². The molecule has 1 aromatic rings. The van der Waals surface area contributed by atoms with Crippen LogP contribution >= 0.6 is 0 Å². The zero-order valence-electron chi connectivity index (χ0n) is 7.00. The summed E-state index contributed by atoms with van der Waals surface area (Å²) in [4.78, 5) is 6.18. The molecular formula is C9H11FN2. The number of rotatable bonds is 1. The lowest BCUT2D eigenvalue weighted by molar-refractivity contribution is 0.183. The van der Waals surface area contributed by atoms with E-state index >= 15 is 0 Å². The molecule has 1 saturated heterocycles. The van der Waals surface area contributed by atoms with Crippen LogP contribution in [0.1, 0.15) is 11.6 Å². The molecule has 2 rings (SSSR count). The first kappa shape index (κ1) is 7.68. The molecule has 1 fully saturated rings. The minimum absolute atomic E-state index is 0.171. The van der Waals surface area contributed by atoms with Crippen LogP contribution in [0.3, 0.4) is 0 Å². The molecule has 0 unspecified atom stereocenters. The van der Waals surface area contributed by atoms with Crippen molar-refractivity contribution in [2.45, 2.75) is 5.92 Å². The molecule has 0 N–H and O–H groups in total. The molecule has 0 aromatic carbocycles. The van der Waals surface area contributed by atoms with Crippen molar-refractivity contribution in [2.24, 2.45) is 0 Å². The number of likely N-dealkylation sites (N-methyl/N-ethyl adjacent to an activating group) is 1. The maximum atomic E-state index is 13.1. The number of halogens is 1. The smallest absolute Gasteiger partial charge is 0.145 e. The van der Waals surface area contributed by atoms with Gasteiger partial charge in [0.2, 0.25) is 0 Å². The summed E-state index contributed by atoms with van der Waals surface area (Å²) in [5.74, 6) is 0.131. The molecular weight excluding hydrogens is 155 g/mol. The first-order chi connectivity index (χ1) is 5.77. The lowest BCUT2D eigenvalue weighted by atomic mass is 9.96. The van der Waals surface area contributed by atoms with Gasteiger partial charge in [0.25, 0.3) is 0 Å². The van der Waals surface area contributed by atoms with E-state index in [0.717, 1.165) is 13.1 Å². The normalized spacial score (nSPS) is 19.2. The zero-order chi connectivity index (χ0) is 8.55. The number of nitrogens with zero attached hydrogens (tertiary/aromatic N) is 2. The second-order valence-corrected chi connectivity index (χ2v) is 3.29. The molecule has 0 radical (unpaired) electrons. The summed E-state index contributed by atoms with van der Waals surface area (Å²) in [6.07, 6.45) is 1.65. The van der Waals surface area contributed by atoms with Crippen molar-refractivity contribution in [3.63, 3.8) is 0 Å². The highest BCUT2D eigenvalue weighted by Gasteiger charge is 2.27. The van der Waals surface area contributed by atoms with E-state index in [0.29, 0.717) is 11.6 Å². The summed E-state index contributed by atoms with van der Waals surface area (Å²) >= 11 is 0. The maximum absolute atomic E-state index is 13.1. The number of hydrogen-bond donors (Lipinski definition) is 0. The van der Waals surface area contributed by atoms with Gasteiger partial charge in [0.15, 0.2) is 0 Å². The minimum atomic E-state index is -0.171. The molecule has 0 amide bonds. The fourth-order valence-corrected chi connectivity index (χ4v) is 1.57. The van der Waals surface area contributed by atoms with Crippen molar-refractivity contribution < 1.29 is 4.39 Å². The molecule has 2 heterocycles.